The van der Waals surface area contributed by atoms with Crippen LogP contribution < -0.4 is 0 Å². The summed E-state index contributed by atoms with van der Waals surface area (Å²) in [7, 11) is 0. The Labute approximate surface area is 72.6 Å². The molecule has 1 nitrogen and oxygen atoms in total. The predicted octanol–water partition coefficient (Wildman–Crippen LogP) is 2.83. The number of aryl methyl sites for hydroxylation is 1. The van der Waals surface area contributed by atoms with Crippen molar-refractivity contribution in [1.82, 2.24) is 4.98 Å². The first-order chi connectivity index (χ1) is 5.41. The summed E-state index contributed by atoms with van der Waals surface area (Å²) in [6, 6.07) is 1.80. The van der Waals surface area contributed by atoms with E-state index in [9.17, 15) is 4.39 Å². The van der Waals surface area contributed by atoms with Crippen molar-refractivity contribution in [2.45, 2.75) is 33.1 Å². The Morgan fingerprint density at radius 1 is 1.33 bits per heavy atom. The van der Waals surface area contributed by atoms with E-state index >= 15 is 0 Å². The number of pyridine rings is 1. The second-order valence-electron chi connectivity index (χ2n) is 4.06. The van der Waals surface area contributed by atoms with Crippen LogP contribution in [-0.2, 0) is 5.41 Å². The van der Waals surface area contributed by atoms with Crippen LogP contribution in [0.25, 0.3) is 0 Å². The molecule has 0 spiro atoms. The maximum absolute atomic E-state index is 13.2. The van der Waals surface area contributed by atoms with Crippen molar-refractivity contribution in [2.24, 2.45) is 0 Å². The number of rotatable bonds is 0. The molecule has 0 aliphatic carbocycles. The lowest BCUT2D eigenvalue weighted by molar-refractivity contribution is 0.518. The Hall–Kier alpha value is -0.920. The molecule has 1 aromatic rings. The summed E-state index contributed by atoms with van der Waals surface area (Å²) in [6.45, 7) is 7.84. The highest BCUT2D eigenvalue weighted by molar-refractivity contribution is 5.24. The van der Waals surface area contributed by atoms with Gasteiger partial charge >= 0.3 is 0 Å². The lowest BCUT2D eigenvalue weighted by Crippen LogP contribution is -2.14. The summed E-state index contributed by atoms with van der Waals surface area (Å²) in [5, 5.41) is 0. The highest BCUT2D eigenvalue weighted by atomic mass is 19.1. The molecule has 0 aliphatic heterocycles. The lowest BCUT2D eigenvalue weighted by Gasteiger charge is -2.19. The normalized spacial score (nSPS) is 11.8. The zero-order valence-electron chi connectivity index (χ0n) is 7.98. The fourth-order valence-electron chi connectivity index (χ4n) is 1.12. The van der Waals surface area contributed by atoms with Gasteiger partial charge in [0.15, 0.2) is 0 Å². The van der Waals surface area contributed by atoms with Gasteiger partial charge in [-0.2, -0.15) is 0 Å². The van der Waals surface area contributed by atoms with Gasteiger partial charge in [0.2, 0.25) is 0 Å². The van der Waals surface area contributed by atoms with Crippen LogP contribution in [-0.4, -0.2) is 4.98 Å². The minimum Gasteiger partial charge on any atom is -0.259 e. The molecule has 0 unspecified atom stereocenters. The Bertz CT molecular complexity index is 286. The molecule has 0 aliphatic rings. The second kappa shape index (κ2) is 2.85. The largest absolute Gasteiger partial charge is 0.259 e. The number of halogens is 1. The minimum atomic E-state index is -0.215. The van der Waals surface area contributed by atoms with Crippen molar-refractivity contribution in [3.63, 3.8) is 0 Å². The average Bonchev–Trinajstić information content (AvgIpc) is 1.92. The summed E-state index contributed by atoms with van der Waals surface area (Å²) >= 11 is 0. The molecule has 1 heterocycles. The molecule has 0 bridgehead atoms. The molecule has 0 aromatic carbocycles. The molecule has 66 valence electrons. The monoisotopic (exact) mass is 167 g/mol. The van der Waals surface area contributed by atoms with Crippen molar-refractivity contribution in [1.29, 1.82) is 0 Å². The van der Waals surface area contributed by atoms with Crippen LogP contribution in [0.4, 0.5) is 4.39 Å². The second-order valence-corrected chi connectivity index (χ2v) is 4.06. The molecule has 0 atom stereocenters. The maximum atomic E-state index is 13.2. The SMILES string of the molecule is Cc1cc(C(C)(C)C)c(F)cn1. The van der Waals surface area contributed by atoms with Crippen molar-refractivity contribution in [3.8, 4) is 0 Å². The van der Waals surface area contributed by atoms with E-state index < -0.39 is 0 Å². The van der Waals surface area contributed by atoms with Gasteiger partial charge in [-0.25, -0.2) is 4.39 Å². The molecule has 0 saturated carbocycles. The van der Waals surface area contributed by atoms with E-state index in [0.29, 0.717) is 0 Å². The number of nitrogens with zero attached hydrogens (tertiary/aromatic N) is 1. The van der Waals surface area contributed by atoms with Gasteiger partial charge in [0.1, 0.15) is 5.82 Å². The third-order valence-electron chi connectivity index (χ3n) is 1.80. The summed E-state index contributed by atoms with van der Waals surface area (Å²) < 4.78 is 13.2. The van der Waals surface area contributed by atoms with E-state index in [1.165, 1.54) is 6.20 Å². The van der Waals surface area contributed by atoms with Crippen LogP contribution in [0.5, 0.6) is 0 Å². The van der Waals surface area contributed by atoms with Crippen LogP contribution >= 0.6 is 0 Å². The molecular formula is C10H14FN. The number of hydrogen-bond acceptors (Lipinski definition) is 1. The quantitative estimate of drug-likeness (QED) is 0.579. The van der Waals surface area contributed by atoms with E-state index in [1.807, 2.05) is 27.7 Å². The standard InChI is InChI=1S/C10H14FN/c1-7-5-8(10(2,3)4)9(11)6-12-7/h5-6H,1-4H3. The number of hydrogen-bond donors (Lipinski definition) is 0. The summed E-state index contributed by atoms with van der Waals surface area (Å²) in [6.07, 6.45) is 1.29. The first-order valence-corrected chi connectivity index (χ1v) is 4.04. The Morgan fingerprint density at radius 3 is 2.33 bits per heavy atom. The van der Waals surface area contributed by atoms with Crippen LogP contribution in [0.2, 0.25) is 0 Å². The van der Waals surface area contributed by atoms with E-state index in [-0.39, 0.29) is 11.2 Å². The summed E-state index contributed by atoms with van der Waals surface area (Å²) in [5.74, 6) is -0.215. The third kappa shape index (κ3) is 1.81. The highest BCUT2D eigenvalue weighted by Crippen LogP contribution is 2.24. The van der Waals surface area contributed by atoms with Crippen molar-refractivity contribution in [3.05, 3.63) is 29.3 Å². The molecule has 12 heavy (non-hydrogen) atoms. The molecule has 2 heteroatoms. The van der Waals surface area contributed by atoms with Crippen LogP contribution in [0.1, 0.15) is 32.0 Å². The first-order valence-electron chi connectivity index (χ1n) is 4.04. The Morgan fingerprint density at radius 2 is 1.92 bits per heavy atom. The zero-order valence-corrected chi connectivity index (χ0v) is 7.98. The van der Waals surface area contributed by atoms with Gasteiger partial charge in [-0.05, 0) is 24.0 Å². The van der Waals surface area contributed by atoms with Crippen LogP contribution in [0, 0.1) is 12.7 Å². The van der Waals surface area contributed by atoms with Gasteiger partial charge in [0, 0.05) is 5.69 Å². The van der Waals surface area contributed by atoms with Gasteiger partial charge in [0.05, 0.1) is 6.20 Å². The van der Waals surface area contributed by atoms with E-state index in [0.717, 1.165) is 11.3 Å². The maximum Gasteiger partial charge on any atom is 0.145 e. The zero-order chi connectivity index (χ0) is 9.35. The topological polar surface area (TPSA) is 12.9 Å². The average molecular weight is 167 g/mol. The highest BCUT2D eigenvalue weighted by Gasteiger charge is 2.18. The van der Waals surface area contributed by atoms with Gasteiger partial charge < -0.3 is 0 Å². The van der Waals surface area contributed by atoms with Crippen molar-refractivity contribution < 1.29 is 4.39 Å². The fourth-order valence-corrected chi connectivity index (χ4v) is 1.12. The first kappa shape index (κ1) is 9.17. The lowest BCUT2D eigenvalue weighted by atomic mass is 9.87. The van der Waals surface area contributed by atoms with Gasteiger partial charge in [0.25, 0.3) is 0 Å². The van der Waals surface area contributed by atoms with Crippen molar-refractivity contribution >= 4 is 0 Å². The molecular weight excluding hydrogens is 153 g/mol. The molecule has 0 N–H and O–H groups in total. The minimum absolute atomic E-state index is 0.141. The van der Waals surface area contributed by atoms with Crippen LogP contribution in [0.3, 0.4) is 0 Å². The van der Waals surface area contributed by atoms with Gasteiger partial charge in [-0.3, -0.25) is 4.98 Å². The van der Waals surface area contributed by atoms with E-state index in [1.54, 1.807) is 6.07 Å². The van der Waals surface area contributed by atoms with Gasteiger partial charge in [-0.1, -0.05) is 20.8 Å². The van der Waals surface area contributed by atoms with Gasteiger partial charge in [-0.15, -0.1) is 0 Å². The van der Waals surface area contributed by atoms with E-state index in [4.69, 9.17) is 0 Å². The van der Waals surface area contributed by atoms with Crippen molar-refractivity contribution in [2.75, 3.05) is 0 Å². The van der Waals surface area contributed by atoms with Crippen LogP contribution in [0.15, 0.2) is 12.3 Å². The fraction of sp³-hybridized carbons (Fsp3) is 0.500. The third-order valence-corrected chi connectivity index (χ3v) is 1.80. The Balaban J connectivity index is 3.23. The molecule has 0 fully saturated rings. The molecule has 0 saturated heterocycles. The molecule has 0 amide bonds. The Kier molecular flexibility index (Phi) is 2.18. The smallest absolute Gasteiger partial charge is 0.145 e. The number of aromatic nitrogens is 1. The molecule has 1 rings (SSSR count). The predicted molar refractivity (Wildman–Crippen MR) is 47.6 cm³/mol. The summed E-state index contributed by atoms with van der Waals surface area (Å²) in [5.41, 5.74) is 1.45. The molecule has 1 aromatic heterocycles. The van der Waals surface area contributed by atoms with E-state index in [2.05, 4.69) is 4.98 Å². The summed E-state index contributed by atoms with van der Waals surface area (Å²) in [4.78, 5) is 3.88. The molecule has 0 radical (unpaired) electrons.